The fourth-order valence-electron chi connectivity index (χ4n) is 2.49. The van der Waals surface area contributed by atoms with Crippen molar-refractivity contribution in [2.75, 3.05) is 5.32 Å². The normalized spacial score (nSPS) is 11.2. The quantitative estimate of drug-likeness (QED) is 0.586. The molecule has 2 aromatic carbocycles. The van der Waals surface area contributed by atoms with E-state index in [0.717, 1.165) is 0 Å². The number of nitrogens with zero attached hydrogens (tertiary/aromatic N) is 3. The number of carbonyl (C=O) groups is 1. The van der Waals surface area contributed by atoms with Gasteiger partial charge in [0, 0.05) is 16.7 Å². The maximum absolute atomic E-state index is 12.5. The largest absolute Gasteiger partial charge is 0.363 e. The fourth-order valence-corrected chi connectivity index (χ4v) is 3.75. The molecule has 0 aliphatic rings. The molecule has 7 nitrogen and oxygen atoms in total. The maximum atomic E-state index is 12.5. The summed E-state index contributed by atoms with van der Waals surface area (Å²) in [4.78, 5) is 20.3. The number of carbonyl (C=O) groups excluding carboxylic acids is 1. The first kappa shape index (κ1) is 21.0. The Morgan fingerprint density at radius 2 is 1.59 bits per heavy atom. The highest BCUT2D eigenvalue weighted by Crippen LogP contribution is 2.26. The highest BCUT2D eigenvalue weighted by atomic mass is 35.5. The van der Waals surface area contributed by atoms with Gasteiger partial charge in [-0.05, 0) is 67.7 Å². The van der Waals surface area contributed by atoms with E-state index in [1.54, 1.807) is 26.0 Å². The monoisotopic (exact) mass is 449 g/mol. The zero-order valence-electron chi connectivity index (χ0n) is 15.3. The van der Waals surface area contributed by atoms with Crippen LogP contribution < -0.4 is 5.32 Å². The van der Waals surface area contributed by atoms with Crippen molar-refractivity contribution in [2.24, 2.45) is 0 Å². The molecular formula is C19H15Cl2N4O3S-. The Balaban J connectivity index is 1.77. The third-order valence-electron chi connectivity index (χ3n) is 3.76. The molecule has 1 N–H and O–H groups in total. The van der Waals surface area contributed by atoms with Crippen molar-refractivity contribution in [2.45, 2.75) is 18.7 Å². The summed E-state index contributed by atoms with van der Waals surface area (Å²) < 4.78 is 28.7. The first-order valence-electron chi connectivity index (χ1n) is 8.31. The van der Waals surface area contributed by atoms with Gasteiger partial charge in [-0.15, -0.1) is 0 Å². The summed E-state index contributed by atoms with van der Waals surface area (Å²) in [6, 6.07) is 11.8. The lowest BCUT2D eigenvalue weighted by Gasteiger charge is -2.15. The van der Waals surface area contributed by atoms with Crippen molar-refractivity contribution in [3.8, 4) is 0 Å². The first-order chi connectivity index (χ1) is 13.6. The number of nitrogens with one attached hydrogen (secondary N) is 1. The zero-order chi connectivity index (χ0) is 21.2. The summed E-state index contributed by atoms with van der Waals surface area (Å²) in [6.45, 7) is 3.45. The van der Waals surface area contributed by atoms with Crippen molar-refractivity contribution in [3.63, 3.8) is 0 Å². The Kier molecular flexibility index (Phi) is 6.07. The molecule has 0 bridgehead atoms. The SMILES string of the molecule is Cc1cc(C)nc([N-]S(=O)(=O)c2ccc(NC(=O)c3cc(Cl)ccc3Cl)cc2)n1. The third-order valence-corrected chi connectivity index (χ3v) is 5.59. The van der Waals surface area contributed by atoms with Gasteiger partial charge in [-0.25, -0.2) is 8.42 Å². The number of aryl methyl sites for hydroxylation is 2. The van der Waals surface area contributed by atoms with Crippen LogP contribution in [0.4, 0.5) is 11.6 Å². The number of amides is 1. The minimum absolute atomic E-state index is 0.0564. The second-order valence-corrected chi connectivity index (χ2v) is 8.57. The smallest absolute Gasteiger partial charge is 0.257 e. The molecule has 0 spiro atoms. The van der Waals surface area contributed by atoms with Gasteiger partial charge in [-0.1, -0.05) is 29.3 Å². The van der Waals surface area contributed by atoms with E-state index in [9.17, 15) is 13.2 Å². The minimum atomic E-state index is -4.01. The van der Waals surface area contributed by atoms with Crippen LogP contribution in [0, 0.1) is 13.8 Å². The van der Waals surface area contributed by atoms with E-state index >= 15 is 0 Å². The number of sulfonamides is 1. The predicted octanol–water partition coefficient (Wildman–Crippen LogP) is 5.05. The Labute approximate surface area is 178 Å². The lowest BCUT2D eigenvalue weighted by Crippen LogP contribution is -2.12. The van der Waals surface area contributed by atoms with Crippen LogP contribution in [0.15, 0.2) is 53.4 Å². The van der Waals surface area contributed by atoms with E-state index in [2.05, 4.69) is 20.0 Å². The molecule has 0 fully saturated rings. The lowest BCUT2D eigenvalue weighted by atomic mass is 10.2. The van der Waals surface area contributed by atoms with Crippen LogP contribution in [-0.2, 0) is 10.0 Å². The van der Waals surface area contributed by atoms with Crippen LogP contribution in [0.3, 0.4) is 0 Å². The molecular weight excluding hydrogens is 435 g/mol. The number of aromatic nitrogens is 2. The van der Waals surface area contributed by atoms with Gasteiger partial charge in [0.2, 0.25) is 10.0 Å². The highest BCUT2D eigenvalue weighted by molar-refractivity contribution is 7.94. The van der Waals surface area contributed by atoms with E-state index < -0.39 is 15.9 Å². The standard InChI is InChI=1S/C19H16Cl2N4O3S/c1-11-9-12(2)23-19(22-11)25-29(27,28)15-6-4-14(5-7-15)24-18(26)16-10-13(20)3-8-17(16)21/h3-10H,1-2H3,(H2,22,23,24,25,26)/p-1. The number of hydrogen-bond acceptors (Lipinski definition) is 5. The summed E-state index contributed by atoms with van der Waals surface area (Å²) in [5.74, 6) is -0.600. The van der Waals surface area contributed by atoms with Gasteiger partial charge >= 0.3 is 0 Å². The van der Waals surface area contributed by atoms with Crippen molar-refractivity contribution < 1.29 is 13.2 Å². The van der Waals surface area contributed by atoms with Gasteiger partial charge in [0.05, 0.1) is 15.5 Å². The fraction of sp³-hybridized carbons (Fsp3) is 0.105. The van der Waals surface area contributed by atoms with Gasteiger partial charge in [0.1, 0.15) is 0 Å². The van der Waals surface area contributed by atoms with Crippen molar-refractivity contribution in [1.82, 2.24) is 9.97 Å². The molecule has 1 aromatic heterocycles. The predicted molar refractivity (Wildman–Crippen MR) is 113 cm³/mol. The Morgan fingerprint density at radius 3 is 2.21 bits per heavy atom. The third kappa shape index (κ3) is 5.23. The Hall–Kier alpha value is -2.68. The minimum Gasteiger partial charge on any atom is -0.363 e. The molecule has 3 rings (SSSR count). The lowest BCUT2D eigenvalue weighted by molar-refractivity contribution is 0.102. The summed E-state index contributed by atoms with van der Waals surface area (Å²) in [6.07, 6.45) is 0. The van der Waals surface area contributed by atoms with Gasteiger partial charge in [0.15, 0.2) is 0 Å². The number of rotatable bonds is 5. The molecule has 3 aromatic rings. The molecule has 0 atom stereocenters. The van der Waals surface area contributed by atoms with E-state index in [-0.39, 0.29) is 21.4 Å². The van der Waals surface area contributed by atoms with E-state index in [4.69, 9.17) is 23.2 Å². The van der Waals surface area contributed by atoms with Crippen LogP contribution in [0.2, 0.25) is 10.0 Å². The molecule has 1 heterocycles. The summed E-state index contributed by atoms with van der Waals surface area (Å²) in [7, 11) is -4.01. The van der Waals surface area contributed by atoms with Crippen LogP contribution in [0.1, 0.15) is 21.7 Å². The van der Waals surface area contributed by atoms with Crippen molar-refractivity contribution >= 4 is 50.8 Å². The molecule has 29 heavy (non-hydrogen) atoms. The van der Waals surface area contributed by atoms with E-state index in [1.165, 1.54) is 36.4 Å². The van der Waals surface area contributed by atoms with Gasteiger partial charge in [-0.3, -0.25) is 9.52 Å². The molecule has 1 amide bonds. The van der Waals surface area contributed by atoms with E-state index in [0.29, 0.717) is 22.1 Å². The Morgan fingerprint density at radius 1 is 0.966 bits per heavy atom. The second-order valence-electron chi connectivity index (χ2n) is 6.12. The van der Waals surface area contributed by atoms with Crippen molar-refractivity contribution in [1.29, 1.82) is 0 Å². The number of anilines is 1. The molecule has 0 unspecified atom stereocenters. The molecule has 150 valence electrons. The summed E-state index contributed by atoms with van der Waals surface area (Å²) in [5, 5.41) is 3.26. The van der Waals surface area contributed by atoms with Gasteiger partial charge in [-0.2, -0.15) is 0 Å². The van der Waals surface area contributed by atoms with Crippen molar-refractivity contribution in [3.05, 3.63) is 80.2 Å². The maximum Gasteiger partial charge on any atom is 0.257 e. The van der Waals surface area contributed by atoms with Crippen LogP contribution in [0.5, 0.6) is 0 Å². The first-order valence-corrected chi connectivity index (χ1v) is 10.5. The number of benzene rings is 2. The number of hydrogen-bond donors (Lipinski definition) is 1. The van der Waals surface area contributed by atoms with Gasteiger partial charge in [0.25, 0.3) is 5.91 Å². The van der Waals surface area contributed by atoms with Crippen LogP contribution >= 0.6 is 23.2 Å². The van der Waals surface area contributed by atoms with Crippen LogP contribution in [-0.4, -0.2) is 24.3 Å². The van der Waals surface area contributed by atoms with Crippen LogP contribution in [0.25, 0.3) is 4.72 Å². The van der Waals surface area contributed by atoms with E-state index in [1.807, 2.05) is 0 Å². The highest BCUT2D eigenvalue weighted by Gasteiger charge is 2.14. The molecule has 0 aliphatic heterocycles. The molecule has 0 saturated carbocycles. The Bertz CT molecular complexity index is 1160. The number of halogens is 2. The molecule has 0 radical (unpaired) electrons. The second kappa shape index (κ2) is 8.36. The van der Waals surface area contributed by atoms with Gasteiger partial charge < -0.3 is 15.3 Å². The topological polar surface area (TPSA) is 103 Å². The molecule has 0 saturated heterocycles. The summed E-state index contributed by atoms with van der Waals surface area (Å²) >= 11 is 11.9. The average Bonchev–Trinajstić information content (AvgIpc) is 2.63. The average molecular weight is 450 g/mol. The summed E-state index contributed by atoms with van der Waals surface area (Å²) in [5.41, 5.74) is 1.82. The molecule has 10 heteroatoms. The molecule has 0 aliphatic carbocycles. The zero-order valence-corrected chi connectivity index (χ0v) is 17.7.